The SMILES string of the molecule is O=C(O)c1cncc(Nc2cccc3cccnc23)n1. The van der Waals surface area contributed by atoms with Gasteiger partial charge in [0.2, 0.25) is 0 Å². The quantitative estimate of drug-likeness (QED) is 0.757. The predicted octanol–water partition coefficient (Wildman–Crippen LogP) is 2.47. The van der Waals surface area contributed by atoms with Gasteiger partial charge in [-0.05, 0) is 12.1 Å². The molecular weight excluding hydrogens is 256 g/mol. The van der Waals surface area contributed by atoms with E-state index in [1.165, 1.54) is 12.4 Å². The fourth-order valence-corrected chi connectivity index (χ4v) is 1.87. The summed E-state index contributed by atoms with van der Waals surface area (Å²) in [4.78, 5) is 23.0. The molecule has 0 atom stereocenters. The van der Waals surface area contributed by atoms with Gasteiger partial charge in [-0.2, -0.15) is 0 Å². The Morgan fingerprint density at radius 1 is 1.15 bits per heavy atom. The molecule has 0 bridgehead atoms. The van der Waals surface area contributed by atoms with Crippen molar-refractivity contribution >= 4 is 28.4 Å². The Morgan fingerprint density at radius 2 is 2.00 bits per heavy atom. The Morgan fingerprint density at radius 3 is 2.85 bits per heavy atom. The molecule has 0 unspecified atom stereocenters. The molecule has 6 heteroatoms. The minimum absolute atomic E-state index is 0.108. The summed E-state index contributed by atoms with van der Waals surface area (Å²) in [6, 6.07) is 9.50. The average Bonchev–Trinajstić information content (AvgIpc) is 2.48. The lowest BCUT2D eigenvalue weighted by Crippen LogP contribution is -2.04. The number of hydrogen-bond donors (Lipinski definition) is 2. The standard InChI is InChI=1S/C14H10N4O2/c19-14(20)11-7-15-8-12(18-11)17-10-5-1-3-9-4-2-6-16-13(9)10/h1-8H,(H,17,18)(H,19,20). The number of para-hydroxylation sites is 1. The molecule has 0 saturated carbocycles. The minimum Gasteiger partial charge on any atom is -0.476 e. The van der Waals surface area contributed by atoms with Crippen molar-refractivity contribution in [2.24, 2.45) is 0 Å². The third-order valence-corrected chi connectivity index (χ3v) is 2.75. The number of carbonyl (C=O) groups is 1. The van der Waals surface area contributed by atoms with Gasteiger partial charge in [-0.3, -0.25) is 9.97 Å². The number of benzene rings is 1. The van der Waals surface area contributed by atoms with Crippen molar-refractivity contribution < 1.29 is 9.90 Å². The van der Waals surface area contributed by atoms with E-state index >= 15 is 0 Å². The second-order valence-corrected chi connectivity index (χ2v) is 4.10. The fraction of sp³-hybridized carbons (Fsp3) is 0. The molecule has 98 valence electrons. The van der Waals surface area contributed by atoms with Gasteiger partial charge in [0, 0.05) is 11.6 Å². The van der Waals surface area contributed by atoms with Gasteiger partial charge in [-0.15, -0.1) is 0 Å². The highest BCUT2D eigenvalue weighted by Gasteiger charge is 2.07. The van der Waals surface area contributed by atoms with Gasteiger partial charge in [0.15, 0.2) is 5.69 Å². The van der Waals surface area contributed by atoms with Crippen LogP contribution in [0.5, 0.6) is 0 Å². The summed E-state index contributed by atoms with van der Waals surface area (Å²) in [6.45, 7) is 0. The fourth-order valence-electron chi connectivity index (χ4n) is 1.87. The number of carboxylic acids is 1. The average molecular weight is 266 g/mol. The second kappa shape index (κ2) is 4.93. The number of aromatic nitrogens is 3. The first-order chi connectivity index (χ1) is 9.74. The maximum atomic E-state index is 10.9. The summed E-state index contributed by atoms with van der Waals surface area (Å²) in [5, 5.41) is 12.9. The van der Waals surface area contributed by atoms with Gasteiger partial charge in [0.25, 0.3) is 0 Å². The lowest BCUT2D eigenvalue weighted by atomic mass is 10.2. The zero-order chi connectivity index (χ0) is 13.9. The molecule has 0 fully saturated rings. The first-order valence-electron chi connectivity index (χ1n) is 5.90. The number of hydrogen-bond acceptors (Lipinski definition) is 5. The Balaban J connectivity index is 2.01. The van der Waals surface area contributed by atoms with Crippen LogP contribution in [0.1, 0.15) is 10.5 Å². The van der Waals surface area contributed by atoms with E-state index in [9.17, 15) is 4.79 Å². The molecule has 0 aliphatic heterocycles. The van der Waals surface area contributed by atoms with Gasteiger partial charge in [0.05, 0.1) is 23.6 Å². The van der Waals surface area contributed by atoms with E-state index in [1.54, 1.807) is 6.20 Å². The zero-order valence-corrected chi connectivity index (χ0v) is 10.3. The van der Waals surface area contributed by atoms with E-state index in [2.05, 4.69) is 20.3 Å². The van der Waals surface area contributed by atoms with Gasteiger partial charge in [0.1, 0.15) is 5.82 Å². The number of aromatic carboxylic acids is 1. The number of anilines is 2. The largest absolute Gasteiger partial charge is 0.476 e. The molecule has 0 aliphatic rings. The molecule has 0 spiro atoms. The summed E-state index contributed by atoms with van der Waals surface area (Å²) in [5.41, 5.74) is 1.43. The first kappa shape index (κ1) is 12.0. The highest BCUT2D eigenvalue weighted by Crippen LogP contribution is 2.23. The maximum Gasteiger partial charge on any atom is 0.356 e. The van der Waals surface area contributed by atoms with Gasteiger partial charge in [-0.1, -0.05) is 18.2 Å². The predicted molar refractivity (Wildman–Crippen MR) is 74.0 cm³/mol. The molecule has 2 heterocycles. The molecule has 3 rings (SSSR count). The van der Waals surface area contributed by atoms with Crippen molar-refractivity contribution in [1.82, 2.24) is 15.0 Å². The van der Waals surface area contributed by atoms with Crippen LogP contribution >= 0.6 is 0 Å². The van der Waals surface area contributed by atoms with Crippen molar-refractivity contribution in [2.45, 2.75) is 0 Å². The van der Waals surface area contributed by atoms with E-state index in [-0.39, 0.29) is 5.69 Å². The number of nitrogens with one attached hydrogen (secondary N) is 1. The molecular formula is C14H10N4O2. The second-order valence-electron chi connectivity index (χ2n) is 4.10. The molecule has 0 aliphatic carbocycles. The van der Waals surface area contributed by atoms with E-state index in [0.29, 0.717) is 5.82 Å². The van der Waals surface area contributed by atoms with Crippen LogP contribution in [0.2, 0.25) is 0 Å². The number of nitrogens with zero attached hydrogens (tertiary/aromatic N) is 3. The zero-order valence-electron chi connectivity index (χ0n) is 10.3. The van der Waals surface area contributed by atoms with Crippen molar-refractivity contribution in [2.75, 3.05) is 5.32 Å². The van der Waals surface area contributed by atoms with E-state index in [0.717, 1.165) is 16.6 Å². The van der Waals surface area contributed by atoms with Crippen LogP contribution in [0, 0.1) is 0 Å². The Bertz CT molecular complexity index is 783. The van der Waals surface area contributed by atoms with Gasteiger partial charge < -0.3 is 10.4 Å². The summed E-state index contributed by atoms with van der Waals surface area (Å²) >= 11 is 0. The molecule has 20 heavy (non-hydrogen) atoms. The molecule has 0 saturated heterocycles. The molecule has 3 aromatic rings. The van der Waals surface area contributed by atoms with Gasteiger partial charge >= 0.3 is 5.97 Å². The third kappa shape index (κ3) is 2.26. The minimum atomic E-state index is -1.11. The molecule has 2 N–H and O–H groups in total. The normalized spacial score (nSPS) is 10.4. The smallest absolute Gasteiger partial charge is 0.356 e. The molecule has 6 nitrogen and oxygen atoms in total. The van der Waals surface area contributed by atoms with Crippen molar-refractivity contribution in [1.29, 1.82) is 0 Å². The van der Waals surface area contributed by atoms with Crippen LogP contribution in [0.4, 0.5) is 11.5 Å². The van der Waals surface area contributed by atoms with Crippen molar-refractivity contribution in [3.05, 3.63) is 54.6 Å². The molecule has 1 aromatic carbocycles. The lowest BCUT2D eigenvalue weighted by molar-refractivity contribution is 0.0690. The molecule has 0 radical (unpaired) electrons. The van der Waals surface area contributed by atoms with Crippen LogP contribution < -0.4 is 5.32 Å². The summed E-state index contributed by atoms with van der Waals surface area (Å²) in [7, 11) is 0. The third-order valence-electron chi connectivity index (χ3n) is 2.75. The number of carboxylic acid groups (broad SMARTS) is 1. The van der Waals surface area contributed by atoms with Crippen LogP contribution in [-0.4, -0.2) is 26.0 Å². The Hall–Kier alpha value is -3.02. The summed E-state index contributed by atoms with van der Waals surface area (Å²) < 4.78 is 0. The number of fused-ring (bicyclic) bond motifs is 1. The topological polar surface area (TPSA) is 88.0 Å². The highest BCUT2D eigenvalue weighted by atomic mass is 16.4. The van der Waals surface area contributed by atoms with E-state index in [4.69, 9.17) is 5.11 Å². The van der Waals surface area contributed by atoms with E-state index < -0.39 is 5.97 Å². The van der Waals surface area contributed by atoms with Crippen LogP contribution in [-0.2, 0) is 0 Å². The number of pyridine rings is 1. The van der Waals surface area contributed by atoms with Crippen molar-refractivity contribution in [3.8, 4) is 0 Å². The van der Waals surface area contributed by atoms with Gasteiger partial charge in [-0.25, -0.2) is 9.78 Å². The van der Waals surface area contributed by atoms with Crippen LogP contribution in [0.25, 0.3) is 10.9 Å². The van der Waals surface area contributed by atoms with E-state index in [1.807, 2.05) is 30.3 Å². The first-order valence-corrected chi connectivity index (χ1v) is 5.90. The Kier molecular flexibility index (Phi) is 2.96. The molecule has 2 aromatic heterocycles. The number of rotatable bonds is 3. The van der Waals surface area contributed by atoms with Crippen LogP contribution in [0.15, 0.2) is 48.9 Å². The highest BCUT2D eigenvalue weighted by molar-refractivity contribution is 5.92. The van der Waals surface area contributed by atoms with Crippen LogP contribution in [0.3, 0.4) is 0 Å². The monoisotopic (exact) mass is 266 g/mol. The summed E-state index contributed by atoms with van der Waals surface area (Å²) in [5.74, 6) is -0.750. The summed E-state index contributed by atoms with van der Waals surface area (Å²) in [6.07, 6.45) is 4.37. The van der Waals surface area contributed by atoms with Crippen molar-refractivity contribution in [3.63, 3.8) is 0 Å². The Labute approximate surface area is 114 Å². The lowest BCUT2D eigenvalue weighted by Gasteiger charge is -2.08. The molecule has 0 amide bonds. The maximum absolute atomic E-state index is 10.9.